The number of carbonyl (C=O) groups excluding carboxylic acids is 1. The fourth-order valence-corrected chi connectivity index (χ4v) is 3.99. The minimum Gasteiger partial charge on any atom is -0.355 e. The van der Waals surface area contributed by atoms with E-state index < -0.39 is 16.1 Å². The molecule has 1 aromatic carbocycles. The van der Waals surface area contributed by atoms with Crippen LogP contribution in [-0.4, -0.2) is 37.8 Å². The largest absolute Gasteiger partial charge is 0.355 e. The monoisotopic (exact) mass is 282 g/mol. The Balaban J connectivity index is 2.27. The second-order valence-corrected chi connectivity index (χ2v) is 6.37. The van der Waals surface area contributed by atoms with Gasteiger partial charge >= 0.3 is 0 Å². The minimum absolute atomic E-state index is 0.209. The topological polar surface area (TPSA) is 66.5 Å². The predicted molar refractivity (Wildman–Crippen MR) is 72.0 cm³/mol. The number of nitrogens with zero attached hydrogens (tertiary/aromatic N) is 1. The molecule has 0 aromatic heterocycles. The summed E-state index contributed by atoms with van der Waals surface area (Å²) >= 11 is 0. The van der Waals surface area contributed by atoms with E-state index in [2.05, 4.69) is 5.32 Å². The maximum absolute atomic E-state index is 12.5. The third-order valence-electron chi connectivity index (χ3n) is 3.21. The van der Waals surface area contributed by atoms with Gasteiger partial charge in [-0.05, 0) is 31.9 Å². The van der Waals surface area contributed by atoms with Gasteiger partial charge in [0.1, 0.15) is 6.04 Å². The van der Waals surface area contributed by atoms with E-state index in [0.717, 1.165) is 0 Å². The first kappa shape index (κ1) is 14.0. The molecule has 2 rings (SSSR count). The van der Waals surface area contributed by atoms with Crippen molar-refractivity contribution in [3.05, 3.63) is 30.3 Å². The number of nitrogens with one attached hydrogen (secondary N) is 1. The SMILES string of the molecule is CCNC(=O)C1CCCN1S(=O)(=O)c1ccccc1. The van der Waals surface area contributed by atoms with Gasteiger partial charge in [0.15, 0.2) is 0 Å². The molecule has 1 aromatic rings. The predicted octanol–water partition coefficient (Wildman–Crippen LogP) is 0.976. The van der Waals surface area contributed by atoms with E-state index in [1.54, 1.807) is 30.3 Å². The number of likely N-dealkylation sites (N-methyl/N-ethyl adjacent to an activating group) is 1. The van der Waals surface area contributed by atoms with Crippen LogP contribution in [-0.2, 0) is 14.8 Å². The molecule has 0 saturated carbocycles. The summed E-state index contributed by atoms with van der Waals surface area (Å²) in [6, 6.07) is 7.67. The number of hydrogen-bond donors (Lipinski definition) is 1. The molecule has 1 N–H and O–H groups in total. The Morgan fingerprint density at radius 1 is 1.37 bits per heavy atom. The zero-order chi connectivity index (χ0) is 13.9. The molecule has 1 saturated heterocycles. The van der Waals surface area contributed by atoms with Crippen LogP contribution in [0.25, 0.3) is 0 Å². The molecule has 19 heavy (non-hydrogen) atoms. The lowest BCUT2D eigenvalue weighted by Crippen LogP contribution is -2.45. The molecule has 104 valence electrons. The average molecular weight is 282 g/mol. The van der Waals surface area contributed by atoms with Crippen LogP contribution in [0.4, 0.5) is 0 Å². The Labute approximate surface area is 113 Å². The Bertz CT molecular complexity index is 542. The van der Waals surface area contributed by atoms with Gasteiger partial charge in [-0.15, -0.1) is 0 Å². The zero-order valence-corrected chi connectivity index (χ0v) is 11.7. The molecule has 1 heterocycles. The molecule has 0 spiro atoms. The highest BCUT2D eigenvalue weighted by molar-refractivity contribution is 7.89. The van der Waals surface area contributed by atoms with Gasteiger partial charge < -0.3 is 5.32 Å². The van der Waals surface area contributed by atoms with Crippen LogP contribution in [0.5, 0.6) is 0 Å². The Morgan fingerprint density at radius 3 is 2.68 bits per heavy atom. The summed E-state index contributed by atoms with van der Waals surface area (Å²) in [7, 11) is -3.58. The molecule has 0 bridgehead atoms. The maximum Gasteiger partial charge on any atom is 0.243 e. The van der Waals surface area contributed by atoms with Crippen molar-refractivity contribution in [3.8, 4) is 0 Å². The van der Waals surface area contributed by atoms with Gasteiger partial charge in [0, 0.05) is 13.1 Å². The standard InChI is InChI=1S/C13H18N2O3S/c1-2-14-13(16)12-9-6-10-15(12)19(17,18)11-7-4-3-5-8-11/h3-5,7-8,12H,2,6,9-10H2,1H3,(H,14,16). The van der Waals surface area contributed by atoms with Crippen molar-refractivity contribution in [1.29, 1.82) is 0 Å². The first-order valence-corrected chi connectivity index (χ1v) is 7.86. The zero-order valence-electron chi connectivity index (χ0n) is 10.9. The molecule has 1 aliphatic heterocycles. The molecule has 1 aliphatic rings. The quantitative estimate of drug-likeness (QED) is 0.895. The van der Waals surface area contributed by atoms with Gasteiger partial charge in [-0.1, -0.05) is 18.2 Å². The summed E-state index contributed by atoms with van der Waals surface area (Å²) in [5.41, 5.74) is 0. The summed E-state index contributed by atoms with van der Waals surface area (Å²) in [6.45, 7) is 2.73. The Kier molecular flexibility index (Phi) is 4.21. The molecule has 6 heteroatoms. The number of carbonyl (C=O) groups is 1. The summed E-state index contributed by atoms with van der Waals surface area (Å²) in [5.74, 6) is -0.209. The second-order valence-electron chi connectivity index (χ2n) is 4.48. The van der Waals surface area contributed by atoms with Crippen LogP contribution < -0.4 is 5.32 Å². The van der Waals surface area contributed by atoms with E-state index in [9.17, 15) is 13.2 Å². The third kappa shape index (κ3) is 2.79. The van der Waals surface area contributed by atoms with Crippen molar-refractivity contribution in [2.75, 3.05) is 13.1 Å². The highest BCUT2D eigenvalue weighted by Crippen LogP contribution is 2.25. The molecular weight excluding hydrogens is 264 g/mol. The Morgan fingerprint density at radius 2 is 2.05 bits per heavy atom. The van der Waals surface area contributed by atoms with Crippen LogP contribution in [0.15, 0.2) is 35.2 Å². The number of sulfonamides is 1. The third-order valence-corrected chi connectivity index (χ3v) is 5.13. The van der Waals surface area contributed by atoms with Crippen LogP contribution in [0, 0.1) is 0 Å². The maximum atomic E-state index is 12.5. The lowest BCUT2D eigenvalue weighted by atomic mass is 10.2. The average Bonchev–Trinajstić information content (AvgIpc) is 2.90. The van der Waals surface area contributed by atoms with E-state index in [-0.39, 0.29) is 10.8 Å². The summed E-state index contributed by atoms with van der Waals surface area (Å²) < 4.78 is 26.3. The van der Waals surface area contributed by atoms with Crippen LogP contribution >= 0.6 is 0 Å². The summed E-state index contributed by atoms with van der Waals surface area (Å²) in [5, 5.41) is 2.70. The molecule has 1 amide bonds. The molecule has 1 unspecified atom stereocenters. The number of benzene rings is 1. The van der Waals surface area contributed by atoms with Gasteiger partial charge in [-0.2, -0.15) is 4.31 Å². The number of rotatable bonds is 4. The van der Waals surface area contributed by atoms with Crippen LogP contribution in [0.1, 0.15) is 19.8 Å². The first-order chi connectivity index (χ1) is 9.07. The van der Waals surface area contributed by atoms with Gasteiger partial charge in [-0.3, -0.25) is 4.79 Å². The van der Waals surface area contributed by atoms with Crippen molar-refractivity contribution in [1.82, 2.24) is 9.62 Å². The smallest absolute Gasteiger partial charge is 0.243 e. The minimum atomic E-state index is -3.58. The molecule has 0 radical (unpaired) electrons. The van der Waals surface area contributed by atoms with Crippen molar-refractivity contribution >= 4 is 15.9 Å². The van der Waals surface area contributed by atoms with E-state index >= 15 is 0 Å². The van der Waals surface area contributed by atoms with Crippen LogP contribution in [0.3, 0.4) is 0 Å². The van der Waals surface area contributed by atoms with E-state index in [4.69, 9.17) is 0 Å². The van der Waals surface area contributed by atoms with Gasteiger partial charge in [0.05, 0.1) is 4.90 Å². The number of hydrogen-bond acceptors (Lipinski definition) is 3. The van der Waals surface area contributed by atoms with Crippen molar-refractivity contribution in [2.24, 2.45) is 0 Å². The van der Waals surface area contributed by atoms with Gasteiger partial charge in [-0.25, -0.2) is 8.42 Å². The van der Waals surface area contributed by atoms with E-state index in [1.807, 2.05) is 6.92 Å². The molecule has 5 nitrogen and oxygen atoms in total. The fourth-order valence-electron chi connectivity index (χ4n) is 2.31. The normalized spacial score (nSPS) is 20.4. The number of amides is 1. The Hall–Kier alpha value is -1.40. The summed E-state index contributed by atoms with van der Waals surface area (Å²) in [6.07, 6.45) is 1.30. The van der Waals surface area contributed by atoms with Gasteiger partial charge in [0.25, 0.3) is 0 Å². The lowest BCUT2D eigenvalue weighted by Gasteiger charge is -2.23. The highest BCUT2D eigenvalue weighted by atomic mass is 32.2. The molecule has 1 atom stereocenters. The van der Waals surface area contributed by atoms with Crippen molar-refractivity contribution < 1.29 is 13.2 Å². The van der Waals surface area contributed by atoms with E-state index in [0.29, 0.717) is 25.9 Å². The van der Waals surface area contributed by atoms with E-state index in [1.165, 1.54) is 4.31 Å². The molecule has 1 fully saturated rings. The first-order valence-electron chi connectivity index (χ1n) is 6.42. The summed E-state index contributed by atoms with van der Waals surface area (Å²) in [4.78, 5) is 12.2. The van der Waals surface area contributed by atoms with Crippen molar-refractivity contribution in [2.45, 2.75) is 30.7 Å². The lowest BCUT2D eigenvalue weighted by molar-refractivity contribution is -0.124. The molecular formula is C13H18N2O3S. The van der Waals surface area contributed by atoms with Crippen molar-refractivity contribution in [3.63, 3.8) is 0 Å². The molecule has 0 aliphatic carbocycles. The van der Waals surface area contributed by atoms with Crippen LogP contribution in [0.2, 0.25) is 0 Å². The fraction of sp³-hybridized carbons (Fsp3) is 0.462. The van der Waals surface area contributed by atoms with Gasteiger partial charge in [0.2, 0.25) is 15.9 Å². The highest BCUT2D eigenvalue weighted by Gasteiger charge is 2.38. The second kappa shape index (κ2) is 5.71.